The van der Waals surface area contributed by atoms with Crippen LogP contribution in [-0.4, -0.2) is 70.0 Å². The van der Waals surface area contributed by atoms with Gasteiger partial charge in [0.15, 0.2) is 6.10 Å². The second kappa shape index (κ2) is 71.2. The minimum absolute atomic E-state index is 0.0439. The topological polar surface area (TPSA) is 111 Å². The summed E-state index contributed by atoms with van der Waals surface area (Å²) in [6.07, 6.45) is 105. The molecule has 0 saturated heterocycles. The molecule has 2 unspecified atom stereocenters. The molecule has 0 spiro atoms. The van der Waals surface area contributed by atoms with Gasteiger partial charge in [0.2, 0.25) is 0 Å². The highest BCUT2D eigenvalue weighted by Gasteiger charge is 2.22. The minimum atomic E-state index is -4.66. The first-order valence-corrected chi connectivity index (χ1v) is 39.0. The van der Waals surface area contributed by atoms with Gasteiger partial charge in [0.25, 0.3) is 7.82 Å². The van der Waals surface area contributed by atoms with Crippen LogP contribution in [0, 0.1) is 0 Å². The number of hydrogen-bond donors (Lipinski definition) is 0. The molecule has 526 valence electrons. The lowest BCUT2D eigenvalue weighted by Crippen LogP contribution is -2.37. The van der Waals surface area contributed by atoms with E-state index in [-0.39, 0.29) is 26.1 Å². The van der Waals surface area contributed by atoms with Crippen molar-refractivity contribution in [2.45, 2.75) is 315 Å². The van der Waals surface area contributed by atoms with Gasteiger partial charge in [0.05, 0.1) is 27.7 Å². The normalized spacial score (nSPS) is 13.9. The number of phosphoric acid groups is 1. The summed E-state index contributed by atoms with van der Waals surface area (Å²) in [4.78, 5) is 38.1. The molecule has 0 fully saturated rings. The fraction of sp³-hybridized carbons (Fsp3) is 0.683. The summed E-state index contributed by atoms with van der Waals surface area (Å²) >= 11 is 0. The first-order chi connectivity index (χ1) is 45.0. The maximum absolute atomic E-state index is 12.9. The summed E-state index contributed by atoms with van der Waals surface area (Å²) in [5, 5.41) is 0. The molecular weight excluding hydrogens is 1160 g/mol. The second-order valence-corrected chi connectivity index (χ2v) is 27.3. The van der Waals surface area contributed by atoms with Crippen molar-refractivity contribution in [3.05, 3.63) is 146 Å². The molecule has 0 aromatic carbocycles. The molecule has 0 rings (SSSR count). The lowest BCUT2D eigenvalue weighted by atomic mass is 10.0. The SMILES string of the molecule is CC/C=C\C/C=C\C/C=C\C/C=C\C/C=C\C/C=C\C/C=C\C/C=C\C/C=C\C/C=C\C/C=C\CCCCCC(=O)OC(COC(=O)CCCCCCCCCCCCCCCCCCCCC/C=C\CCCCCCCCCC)COP(=O)([O-])OCC[N+](C)(C)C. The summed E-state index contributed by atoms with van der Waals surface area (Å²) in [6.45, 7) is 4.10. The molecule has 92 heavy (non-hydrogen) atoms. The molecule has 10 heteroatoms. The monoisotopic (exact) mass is 1300 g/mol. The van der Waals surface area contributed by atoms with E-state index in [2.05, 4.69) is 160 Å². The van der Waals surface area contributed by atoms with E-state index in [1.807, 2.05) is 21.1 Å². The number of carbonyl (C=O) groups is 2. The Hall–Kier alpha value is -4.11. The summed E-state index contributed by atoms with van der Waals surface area (Å²) in [7, 11) is 1.13. The number of phosphoric ester groups is 1. The maximum Gasteiger partial charge on any atom is 0.306 e. The number of quaternary nitrogens is 1. The van der Waals surface area contributed by atoms with Crippen LogP contribution in [0.5, 0.6) is 0 Å². The number of esters is 2. The predicted molar refractivity (Wildman–Crippen MR) is 397 cm³/mol. The quantitative estimate of drug-likeness (QED) is 0.0195. The fourth-order valence-corrected chi connectivity index (χ4v) is 10.9. The minimum Gasteiger partial charge on any atom is -0.756 e. The highest BCUT2D eigenvalue weighted by atomic mass is 31.2. The van der Waals surface area contributed by atoms with Crippen LogP contribution < -0.4 is 4.89 Å². The summed E-state index contributed by atoms with van der Waals surface area (Å²) in [5.41, 5.74) is 0. The average molecular weight is 1300 g/mol. The van der Waals surface area contributed by atoms with Crippen molar-refractivity contribution >= 4 is 19.8 Å². The number of likely N-dealkylation sites (N-methyl/N-ethyl adjacent to an activating group) is 1. The van der Waals surface area contributed by atoms with Crippen molar-refractivity contribution in [3.63, 3.8) is 0 Å². The molecule has 2 atom stereocenters. The Bertz CT molecular complexity index is 2070. The zero-order valence-corrected chi connectivity index (χ0v) is 60.8. The van der Waals surface area contributed by atoms with E-state index < -0.39 is 32.5 Å². The Balaban J connectivity index is 4.13. The molecule has 0 heterocycles. The van der Waals surface area contributed by atoms with Crippen molar-refractivity contribution in [2.75, 3.05) is 47.5 Å². The molecule has 0 saturated carbocycles. The van der Waals surface area contributed by atoms with Gasteiger partial charge in [-0.1, -0.05) is 320 Å². The van der Waals surface area contributed by atoms with Gasteiger partial charge in [-0.2, -0.15) is 0 Å². The number of rotatable bonds is 68. The van der Waals surface area contributed by atoms with Crippen LogP contribution in [0.4, 0.5) is 0 Å². The Kier molecular flexibility index (Phi) is 68.0. The zero-order valence-electron chi connectivity index (χ0n) is 59.9. The summed E-state index contributed by atoms with van der Waals surface area (Å²) in [5.74, 6) is -0.871. The molecule has 0 aromatic rings. The van der Waals surface area contributed by atoms with Crippen LogP contribution in [0.15, 0.2) is 146 Å². The van der Waals surface area contributed by atoms with Crippen LogP contribution in [0.2, 0.25) is 0 Å². The lowest BCUT2D eigenvalue weighted by molar-refractivity contribution is -0.870. The summed E-state index contributed by atoms with van der Waals surface area (Å²) in [6, 6.07) is 0. The van der Waals surface area contributed by atoms with E-state index >= 15 is 0 Å². The molecule has 0 bridgehead atoms. The largest absolute Gasteiger partial charge is 0.756 e. The number of hydrogen-bond acceptors (Lipinski definition) is 8. The van der Waals surface area contributed by atoms with Crippen LogP contribution >= 0.6 is 7.82 Å². The lowest BCUT2D eigenvalue weighted by Gasteiger charge is -2.28. The maximum atomic E-state index is 12.9. The third-order valence-corrected chi connectivity index (χ3v) is 16.8. The number of ether oxygens (including phenoxy) is 2. The standard InChI is InChI=1S/C82H140NO8P/c1-6-8-10-12-14-16-18-20-22-24-26-28-30-32-34-36-38-39-40-41-42-43-45-47-49-51-53-55-57-59-61-63-65-67-69-71-73-75-82(85)91-80(79-90-92(86,87)89-77-76-83(3,4)5)78-88-81(84)74-72-70-68-66-64-62-60-58-56-54-52-50-48-46-44-37-35-33-31-29-27-25-23-21-19-17-15-13-11-9-7-2/h8,10,14,16,20,22,25-28,32,34,38-39,41-42,45,47,51,53,57,59,63,65,80H,6-7,9,11-13,15,17-19,21,23-24,29-31,33,35-37,40,43-44,46,48-50,52,54-56,58,60-62,64,66-79H2,1-5H3/b10-8-,16-14-,22-20-,27-25-,28-26-,34-32-,39-38-,42-41-,47-45-,53-51-,59-57-,65-63-. The third kappa shape index (κ3) is 74.9. The molecule has 0 N–H and O–H groups in total. The van der Waals surface area contributed by atoms with Gasteiger partial charge in [-0.15, -0.1) is 0 Å². The highest BCUT2D eigenvalue weighted by molar-refractivity contribution is 7.45. The molecule has 0 amide bonds. The van der Waals surface area contributed by atoms with E-state index in [0.29, 0.717) is 17.4 Å². The van der Waals surface area contributed by atoms with Gasteiger partial charge in [0, 0.05) is 12.8 Å². The van der Waals surface area contributed by atoms with E-state index in [4.69, 9.17) is 18.5 Å². The fourth-order valence-electron chi connectivity index (χ4n) is 10.1. The van der Waals surface area contributed by atoms with Crippen LogP contribution in [-0.2, 0) is 32.7 Å². The smallest absolute Gasteiger partial charge is 0.306 e. The Morgan fingerprint density at radius 2 is 0.620 bits per heavy atom. The van der Waals surface area contributed by atoms with E-state index in [1.165, 1.54) is 167 Å². The number of nitrogens with zero attached hydrogens (tertiary/aromatic N) is 1. The summed E-state index contributed by atoms with van der Waals surface area (Å²) < 4.78 is 34.3. The van der Waals surface area contributed by atoms with Crippen molar-refractivity contribution in [1.29, 1.82) is 0 Å². The highest BCUT2D eigenvalue weighted by Crippen LogP contribution is 2.38. The van der Waals surface area contributed by atoms with Gasteiger partial charge >= 0.3 is 11.9 Å². The van der Waals surface area contributed by atoms with Gasteiger partial charge in [0.1, 0.15) is 19.8 Å². The Labute approximate surface area is 567 Å². The predicted octanol–water partition coefficient (Wildman–Crippen LogP) is 24.3. The van der Waals surface area contributed by atoms with Crippen molar-refractivity contribution < 1.29 is 42.1 Å². The number of carbonyl (C=O) groups excluding carboxylic acids is 2. The van der Waals surface area contributed by atoms with E-state index in [1.54, 1.807) is 0 Å². The van der Waals surface area contributed by atoms with Crippen molar-refractivity contribution in [2.24, 2.45) is 0 Å². The third-order valence-electron chi connectivity index (χ3n) is 15.8. The second-order valence-electron chi connectivity index (χ2n) is 25.9. The first-order valence-electron chi connectivity index (χ1n) is 37.5. The Morgan fingerprint density at radius 1 is 0.348 bits per heavy atom. The van der Waals surface area contributed by atoms with Gasteiger partial charge in [-0.05, 0) is 122 Å². The van der Waals surface area contributed by atoms with Gasteiger partial charge in [-0.25, -0.2) is 0 Å². The average Bonchev–Trinajstić information content (AvgIpc) is 2.34. The van der Waals surface area contributed by atoms with Gasteiger partial charge < -0.3 is 27.9 Å². The van der Waals surface area contributed by atoms with Crippen LogP contribution in [0.25, 0.3) is 0 Å². The van der Waals surface area contributed by atoms with Crippen LogP contribution in [0.3, 0.4) is 0 Å². The number of allylic oxidation sites excluding steroid dienone is 24. The molecule has 9 nitrogen and oxygen atoms in total. The molecule has 0 aliphatic rings. The molecule has 0 aromatic heterocycles. The van der Waals surface area contributed by atoms with Gasteiger partial charge in [-0.3, -0.25) is 14.2 Å². The van der Waals surface area contributed by atoms with E-state index in [0.717, 1.165) is 109 Å². The molecule has 0 radical (unpaired) electrons. The first kappa shape index (κ1) is 87.9. The molecule has 0 aliphatic carbocycles. The molecular formula is C82H140NO8P. The molecule has 0 aliphatic heterocycles. The Morgan fingerprint density at radius 3 is 0.946 bits per heavy atom. The van der Waals surface area contributed by atoms with Crippen molar-refractivity contribution in [3.8, 4) is 0 Å². The number of unbranched alkanes of at least 4 members (excludes halogenated alkanes) is 30. The van der Waals surface area contributed by atoms with E-state index in [9.17, 15) is 19.0 Å². The van der Waals surface area contributed by atoms with Crippen LogP contribution in [0.1, 0.15) is 309 Å². The zero-order chi connectivity index (χ0) is 66.9. The van der Waals surface area contributed by atoms with Crippen molar-refractivity contribution in [1.82, 2.24) is 0 Å².